The summed E-state index contributed by atoms with van der Waals surface area (Å²) in [7, 11) is 1.52. The summed E-state index contributed by atoms with van der Waals surface area (Å²) in [6.45, 7) is 4.10. The first-order chi connectivity index (χ1) is 7.72. The van der Waals surface area contributed by atoms with Gasteiger partial charge in [-0.2, -0.15) is 0 Å². The van der Waals surface area contributed by atoms with Crippen molar-refractivity contribution in [1.82, 2.24) is 0 Å². The van der Waals surface area contributed by atoms with Gasteiger partial charge in [0.05, 0.1) is 13.7 Å². The predicted molar refractivity (Wildman–Crippen MR) is 60.1 cm³/mol. The van der Waals surface area contributed by atoms with Gasteiger partial charge in [0.25, 0.3) is 0 Å². The van der Waals surface area contributed by atoms with E-state index in [4.69, 9.17) is 14.2 Å². The summed E-state index contributed by atoms with van der Waals surface area (Å²) < 4.78 is 15.7. The molecule has 0 unspecified atom stereocenters. The number of carbonyl (C=O) groups excluding carboxylic acids is 1. The number of esters is 1. The minimum atomic E-state index is -0.314. The summed E-state index contributed by atoms with van der Waals surface area (Å²) >= 11 is 0. The third-order valence-corrected chi connectivity index (χ3v) is 1.97. The lowest BCUT2D eigenvalue weighted by Gasteiger charge is -2.13. The summed E-state index contributed by atoms with van der Waals surface area (Å²) in [6, 6.07) is 5.25. The molecule has 0 aromatic heterocycles. The van der Waals surface area contributed by atoms with Crippen LogP contribution in [-0.2, 0) is 4.79 Å². The standard InChI is InChI=1S/C12H16O4/c1-4-11(13)16-12-9(14-3)7-6-8-10(12)15-5-2/h6-8H,4-5H2,1-3H3. The molecule has 16 heavy (non-hydrogen) atoms. The van der Waals surface area contributed by atoms with Gasteiger partial charge < -0.3 is 14.2 Å². The van der Waals surface area contributed by atoms with Gasteiger partial charge in [-0.3, -0.25) is 4.79 Å². The Balaban J connectivity index is 3.03. The van der Waals surface area contributed by atoms with Crippen LogP contribution in [0.15, 0.2) is 18.2 Å². The Bertz CT molecular complexity index is 360. The molecule has 88 valence electrons. The highest BCUT2D eigenvalue weighted by atomic mass is 16.6. The van der Waals surface area contributed by atoms with Gasteiger partial charge in [0.2, 0.25) is 5.75 Å². The van der Waals surface area contributed by atoms with E-state index in [0.717, 1.165) is 0 Å². The zero-order valence-electron chi connectivity index (χ0n) is 9.78. The topological polar surface area (TPSA) is 44.8 Å². The maximum Gasteiger partial charge on any atom is 0.311 e. The lowest BCUT2D eigenvalue weighted by atomic mass is 10.3. The van der Waals surface area contributed by atoms with Crippen molar-refractivity contribution >= 4 is 5.97 Å². The van der Waals surface area contributed by atoms with Gasteiger partial charge in [0, 0.05) is 6.42 Å². The van der Waals surface area contributed by atoms with Gasteiger partial charge in [-0.1, -0.05) is 13.0 Å². The molecule has 0 atom stereocenters. The minimum absolute atomic E-state index is 0.309. The van der Waals surface area contributed by atoms with Gasteiger partial charge in [0.15, 0.2) is 11.5 Å². The first-order valence-electron chi connectivity index (χ1n) is 5.23. The molecule has 1 aromatic carbocycles. The number of benzene rings is 1. The van der Waals surface area contributed by atoms with Crippen molar-refractivity contribution in [3.8, 4) is 17.2 Å². The summed E-state index contributed by atoms with van der Waals surface area (Å²) in [6.07, 6.45) is 0.309. The van der Waals surface area contributed by atoms with E-state index in [1.807, 2.05) is 6.92 Å². The molecular formula is C12H16O4. The summed E-state index contributed by atoms with van der Waals surface area (Å²) in [5.41, 5.74) is 0. The molecule has 1 aromatic rings. The van der Waals surface area contributed by atoms with Crippen LogP contribution in [0, 0.1) is 0 Å². The van der Waals surface area contributed by atoms with E-state index in [2.05, 4.69) is 0 Å². The normalized spacial score (nSPS) is 9.69. The highest BCUT2D eigenvalue weighted by Gasteiger charge is 2.14. The lowest BCUT2D eigenvalue weighted by Crippen LogP contribution is -2.08. The second-order valence-corrected chi connectivity index (χ2v) is 3.05. The molecule has 0 saturated carbocycles. The summed E-state index contributed by atoms with van der Waals surface area (Å²) in [5.74, 6) is 1.04. The van der Waals surface area contributed by atoms with Crippen LogP contribution in [0.4, 0.5) is 0 Å². The van der Waals surface area contributed by atoms with E-state index >= 15 is 0 Å². The van der Waals surface area contributed by atoms with E-state index in [9.17, 15) is 4.79 Å². The number of hydrogen-bond acceptors (Lipinski definition) is 4. The number of para-hydroxylation sites is 1. The van der Waals surface area contributed by atoms with Crippen molar-refractivity contribution in [2.75, 3.05) is 13.7 Å². The molecule has 0 amide bonds. The van der Waals surface area contributed by atoms with Crippen LogP contribution >= 0.6 is 0 Å². The molecule has 4 nitrogen and oxygen atoms in total. The van der Waals surface area contributed by atoms with E-state index in [-0.39, 0.29) is 5.97 Å². The van der Waals surface area contributed by atoms with Crippen LogP contribution in [0.5, 0.6) is 17.2 Å². The zero-order valence-corrected chi connectivity index (χ0v) is 9.78. The molecule has 0 bridgehead atoms. The van der Waals surface area contributed by atoms with Gasteiger partial charge in [-0.25, -0.2) is 0 Å². The van der Waals surface area contributed by atoms with Gasteiger partial charge in [-0.15, -0.1) is 0 Å². The number of methoxy groups -OCH3 is 1. The highest BCUT2D eigenvalue weighted by Crippen LogP contribution is 2.37. The van der Waals surface area contributed by atoms with E-state index in [1.54, 1.807) is 25.1 Å². The van der Waals surface area contributed by atoms with Crippen molar-refractivity contribution in [2.45, 2.75) is 20.3 Å². The maximum absolute atomic E-state index is 11.3. The zero-order chi connectivity index (χ0) is 12.0. The molecule has 0 N–H and O–H groups in total. The Kier molecular flexibility index (Phi) is 4.64. The van der Waals surface area contributed by atoms with E-state index < -0.39 is 0 Å². The fourth-order valence-corrected chi connectivity index (χ4v) is 1.21. The van der Waals surface area contributed by atoms with Crippen LogP contribution in [0.2, 0.25) is 0 Å². The molecule has 0 heterocycles. The fourth-order valence-electron chi connectivity index (χ4n) is 1.21. The molecule has 0 aliphatic carbocycles. The number of hydrogen-bond donors (Lipinski definition) is 0. The molecular weight excluding hydrogens is 208 g/mol. The number of ether oxygens (including phenoxy) is 3. The van der Waals surface area contributed by atoms with Crippen molar-refractivity contribution in [3.05, 3.63) is 18.2 Å². The Labute approximate surface area is 95.1 Å². The monoisotopic (exact) mass is 224 g/mol. The van der Waals surface area contributed by atoms with Crippen molar-refractivity contribution in [1.29, 1.82) is 0 Å². The van der Waals surface area contributed by atoms with Crippen LogP contribution in [0.1, 0.15) is 20.3 Å². The highest BCUT2D eigenvalue weighted by molar-refractivity contribution is 5.74. The molecule has 0 fully saturated rings. The minimum Gasteiger partial charge on any atom is -0.493 e. The fraction of sp³-hybridized carbons (Fsp3) is 0.417. The largest absolute Gasteiger partial charge is 0.493 e. The second kappa shape index (κ2) is 6.00. The molecule has 1 rings (SSSR count). The predicted octanol–water partition coefficient (Wildman–Crippen LogP) is 2.41. The molecule has 0 aliphatic rings. The van der Waals surface area contributed by atoms with E-state index in [1.165, 1.54) is 7.11 Å². The SMILES string of the molecule is CCOc1cccc(OC)c1OC(=O)CC. The average molecular weight is 224 g/mol. The van der Waals surface area contributed by atoms with Crippen molar-refractivity contribution < 1.29 is 19.0 Å². The Morgan fingerprint density at radius 1 is 1.25 bits per heavy atom. The van der Waals surface area contributed by atoms with Crippen LogP contribution in [0.25, 0.3) is 0 Å². The first kappa shape index (κ1) is 12.4. The molecule has 0 radical (unpaired) electrons. The van der Waals surface area contributed by atoms with Crippen LogP contribution in [0.3, 0.4) is 0 Å². The third kappa shape index (κ3) is 2.89. The van der Waals surface area contributed by atoms with Crippen LogP contribution in [-0.4, -0.2) is 19.7 Å². The van der Waals surface area contributed by atoms with E-state index in [0.29, 0.717) is 30.3 Å². The average Bonchev–Trinajstić information content (AvgIpc) is 2.31. The Hall–Kier alpha value is -1.71. The molecule has 4 heteroatoms. The Morgan fingerprint density at radius 3 is 2.50 bits per heavy atom. The van der Waals surface area contributed by atoms with Crippen molar-refractivity contribution in [2.24, 2.45) is 0 Å². The quantitative estimate of drug-likeness (QED) is 0.569. The lowest BCUT2D eigenvalue weighted by molar-refractivity contribution is -0.134. The second-order valence-electron chi connectivity index (χ2n) is 3.05. The van der Waals surface area contributed by atoms with Gasteiger partial charge in [0.1, 0.15) is 0 Å². The number of rotatable bonds is 5. The molecule has 0 spiro atoms. The molecule has 0 aliphatic heterocycles. The smallest absolute Gasteiger partial charge is 0.311 e. The number of carbonyl (C=O) groups is 1. The first-order valence-corrected chi connectivity index (χ1v) is 5.23. The summed E-state index contributed by atoms with van der Waals surface area (Å²) in [4.78, 5) is 11.3. The van der Waals surface area contributed by atoms with Crippen LogP contribution < -0.4 is 14.2 Å². The molecule has 0 saturated heterocycles. The van der Waals surface area contributed by atoms with Gasteiger partial charge >= 0.3 is 5.97 Å². The van der Waals surface area contributed by atoms with Crippen molar-refractivity contribution in [3.63, 3.8) is 0 Å². The third-order valence-electron chi connectivity index (χ3n) is 1.97. The summed E-state index contributed by atoms with van der Waals surface area (Å²) in [5, 5.41) is 0. The Morgan fingerprint density at radius 2 is 1.94 bits per heavy atom. The van der Waals surface area contributed by atoms with Gasteiger partial charge in [-0.05, 0) is 19.1 Å². The maximum atomic E-state index is 11.3.